The van der Waals surface area contributed by atoms with E-state index >= 15 is 0 Å². The number of aromatic hydroxyl groups is 9. The Bertz CT molecular complexity index is 1680. The van der Waals surface area contributed by atoms with Crippen LogP contribution in [0.4, 0.5) is 0 Å². The van der Waals surface area contributed by atoms with Crippen molar-refractivity contribution in [3.8, 4) is 51.7 Å². The van der Waals surface area contributed by atoms with E-state index in [0.29, 0.717) is 36.4 Å². The molecule has 0 unspecified atom stereocenters. The number of benzene rings is 3. The number of ether oxygens (including phenoxy) is 1. The van der Waals surface area contributed by atoms with Crippen LogP contribution in [0.15, 0.2) is 36.4 Å². The summed E-state index contributed by atoms with van der Waals surface area (Å²) < 4.78 is 5.04. The Morgan fingerprint density at radius 1 is 0.578 bits per heavy atom. The van der Waals surface area contributed by atoms with Gasteiger partial charge in [0.15, 0.2) is 57.3 Å². The molecule has 1 aliphatic heterocycles. The summed E-state index contributed by atoms with van der Waals surface area (Å²) >= 11 is 0. The number of aliphatic hydroxyl groups excluding tert-OH is 2. The normalized spacial score (nSPS) is 26.3. The summed E-state index contributed by atoms with van der Waals surface area (Å²) in [6.07, 6.45) is -5.46. The largest absolute Gasteiger partial charge is 0.504 e. The molecule has 4 rings (SSSR count). The lowest BCUT2D eigenvalue weighted by atomic mass is 9.61. The first-order valence-corrected chi connectivity index (χ1v) is 12.3. The Morgan fingerprint density at radius 2 is 0.889 bits per heavy atom. The minimum Gasteiger partial charge on any atom is -0.504 e. The number of aliphatic hydroxyl groups is 5. The van der Waals surface area contributed by atoms with Gasteiger partial charge in [0.1, 0.15) is 12.2 Å². The molecule has 0 spiro atoms. The quantitative estimate of drug-likeness (QED) is 0.0974. The van der Waals surface area contributed by atoms with E-state index in [1.165, 1.54) is 0 Å². The number of rotatable bonds is 7. The van der Waals surface area contributed by atoms with Crippen LogP contribution in [-0.2, 0) is 4.74 Å². The minimum atomic E-state index is -4.57. The van der Waals surface area contributed by atoms with Crippen molar-refractivity contribution in [2.24, 2.45) is 0 Å². The highest BCUT2D eigenvalue weighted by atomic mass is 16.7. The molecule has 0 amide bonds. The molecule has 0 bridgehead atoms. The molecule has 0 aliphatic carbocycles. The number of carbonyl (C=O) groups is 3. The Balaban J connectivity index is 2.12. The Hall–Kier alpha value is -5.37. The van der Waals surface area contributed by atoms with Crippen LogP contribution in [0.1, 0.15) is 31.1 Å². The minimum absolute atomic E-state index is 0.312. The molecule has 18 heteroatoms. The van der Waals surface area contributed by atoms with E-state index in [2.05, 4.69) is 0 Å². The lowest BCUT2D eigenvalue weighted by Crippen LogP contribution is -2.85. The lowest BCUT2D eigenvalue weighted by molar-refractivity contribution is -0.362. The van der Waals surface area contributed by atoms with E-state index in [1.54, 1.807) is 0 Å². The second-order valence-electron chi connectivity index (χ2n) is 9.98. The third-order valence-electron chi connectivity index (χ3n) is 7.30. The van der Waals surface area contributed by atoms with Gasteiger partial charge in [0.2, 0.25) is 23.0 Å². The van der Waals surface area contributed by atoms with Gasteiger partial charge in [-0.1, -0.05) is 0 Å². The molecule has 3 aromatic carbocycles. The standard InChI is InChI=1S/C27H24O18/c28-7-17-24(41)25(42,21(38)8-1-11(29)18(35)12(30)2-8)26(43,22(39)9-3-13(31)19(36)14(32)4-9)27(44,45-17)23(40)10-5-15(33)20(37)16(34)6-10/h1-6,17,24,28-37,41-44H,7H2/t17-,24-,25+,26-,27-/m1/s1. The van der Waals surface area contributed by atoms with Crippen LogP contribution < -0.4 is 0 Å². The molecular formula is C27H24O18. The van der Waals surface area contributed by atoms with Gasteiger partial charge in [0.25, 0.3) is 5.79 Å². The van der Waals surface area contributed by atoms with E-state index in [9.17, 15) is 85.9 Å². The molecule has 240 valence electrons. The average molecular weight is 636 g/mol. The summed E-state index contributed by atoms with van der Waals surface area (Å²) in [6, 6.07) is 2.05. The van der Waals surface area contributed by atoms with Crippen molar-refractivity contribution in [2.45, 2.75) is 29.2 Å². The van der Waals surface area contributed by atoms with E-state index in [-0.39, 0.29) is 0 Å². The summed E-state index contributed by atoms with van der Waals surface area (Å²) in [5.41, 5.74) is -12.3. The molecule has 18 nitrogen and oxygen atoms in total. The summed E-state index contributed by atoms with van der Waals surface area (Å²) in [4.78, 5) is 41.8. The van der Waals surface area contributed by atoms with Gasteiger partial charge in [-0.2, -0.15) is 0 Å². The van der Waals surface area contributed by atoms with Crippen LogP contribution in [0.5, 0.6) is 51.7 Å². The maximum Gasteiger partial charge on any atom is 0.272 e. The number of ketones is 3. The smallest absolute Gasteiger partial charge is 0.272 e. The summed E-state index contributed by atoms with van der Waals surface area (Å²) in [7, 11) is 0. The second kappa shape index (κ2) is 10.7. The molecule has 5 atom stereocenters. The third kappa shape index (κ3) is 4.47. The second-order valence-corrected chi connectivity index (χ2v) is 9.98. The molecule has 1 aliphatic rings. The first kappa shape index (κ1) is 32.5. The molecule has 0 aromatic heterocycles. The van der Waals surface area contributed by atoms with Crippen molar-refractivity contribution in [1.29, 1.82) is 0 Å². The Morgan fingerprint density at radius 3 is 1.22 bits per heavy atom. The van der Waals surface area contributed by atoms with Crippen molar-refractivity contribution in [2.75, 3.05) is 6.61 Å². The first-order chi connectivity index (χ1) is 20.8. The SMILES string of the molecule is O=C(c1cc(O)c(O)c(O)c1)[C@]1(O)[C@@](O)(C(=O)c2cc(O)c(O)c(O)c2)O[C@H](CO)[C@@H](O)[C@@]1(O)C(=O)c1cc(O)c(O)c(O)c1. The molecule has 1 fully saturated rings. The average Bonchev–Trinajstić information content (AvgIpc) is 2.99. The fourth-order valence-corrected chi connectivity index (χ4v) is 4.92. The molecule has 3 aromatic rings. The van der Waals surface area contributed by atoms with Gasteiger partial charge in [0.05, 0.1) is 6.61 Å². The van der Waals surface area contributed by atoms with Crippen LogP contribution in [-0.4, -0.2) is 125 Å². The van der Waals surface area contributed by atoms with Gasteiger partial charge < -0.3 is 76.2 Å². The van der Waals surface area contributed by atoms with Gasteiger partial charge in [0, 0.05) is 16.7 Å². The van der Waals surface area contributed by atoms with E-state index < -0.39 is 122 Å². The number of Topliss-reactive ketones (excluding diaryl/α,β-unsaturated/α-hetero) is 3. The van der Waals surface area contributed by atoms with Crippen molar-refractivity contribution >= 4 is 17.3 Å². The van der Waals surface area contributed by atoms with Crippen LogP contribution in [0.2, 0.25) is 0 Å². The summed E-state index contributed by atoms with van der Waals surface area (Å²) in [6.45, 7) is -1.48. The molecule has 45 heavy (non-hydrogen) atoms. The van der Waals surface area contributed by atoms with Crippen LogP contribution in [0, 0.1) is 0 Å². The van der Waals surface area contributed by atoms with Crippen LogP contribution >= 0.6 is 0 Å². The van der Waals surface area contributed by atoms with E-state index in [0.717, 1.165) is 0 Å². The van der Waals surface area contributed by atoms with Gasteiger partial charge >= 0.3 is 0 Å². The zero-order valence-electron chi connectivity index (χ0n) is 22.2. The Labute approximate surface area is 249 Å². The van der Waals surface area contributed by atoms with Crippen molar-refractivity contribution in [3.63, 3.8) is 0 Å². The van der Waals surface area contributed by atoms with Crippen molar-refractivity contribution < 1.29 is 90.6 Å². The third-order valence-corrected chi connectivity index (χ3v) is 7.30. The zero-order chi connectivity index (χ0) is 34.0. The zero-order valence-corrected chi connectivity index (χ0v) is 22.2. The lowest BCUT2D eigenvalue weighted by Gasteiger charge is -2.56. The fourth-order valence-electron chi connectivity index (χ4n) is 4.92. The predicted molar refractivity (Wildman–Crippen MR) is 140 cm³/mol. The molecule has 0 saturated carbocycles. The maximum absolute atomic E-state index is 14.0. The number of hydrogen-bond acceptors (Lipinski definition) is 18. The van der Waals surface area contributed by atoms with Gasteiger partial charge in [-0.3, -0.25) is 14.4 Å². The monoisotopic (exact) mass is 636 g/mol. The van der Waals surface area contributed by atoms with Crippen LogP contribution in [0.25, 0.3) is 0 Å². The molecule has 14 N–H and O–H groups in total. The van der Waals surface area contributed by atoms with E-state index in [4.69, 9.17) is 4.74 Å². The highest BCUT2D eigenvalue weighted by Gasteiger charge is 2.80. The van der Waals surface area contributed by atoms with E-state index in [1.807, 2.05) is 0 Å². The highest BCUT2D eigenvalue weighted by molar-refractivity contribution is 6.18. The molecule has 1 heterocycles. The molecule has 0 radical (unpaired) electrons. The van der Waals surface area contributed by atoms with Gasteiger partial charge in [-0.05, 0) is 36.4 Å². The fraction of sp³-hybridized carbons (Fsp3) is 0.222. The van der Waals surface area contributed by atoms with Crippen molar-refractivity contribution in [1.82, 2.24) is 0 Å². The van der Waals surface area contributed by atoms with Crippen molar-refractivity contribution in [3.05, 3.63) is 53.1 Å². The Kier molecular flexibility index (Phi) is 7.71. The predicted octanol–water partition coefficient (Wildman–Crippen LogP) is -2.11. The number of phenolic OH excluding ortho intramolecular Hbond substituents is 9. The maximum atomic E-state index is 14.0. The highest BCUT2D eigenvalue weighted by Crippen LogP contribution is 2.51. The topological polar surface area (TPSA) is 344 Å². The first-order valence-electron chi connectivity index (χ1n) is 12.3. The number of phenols is 9. The van der Waals surface area contributed by atoms with Gasteiger partial charge in [-0.15, -0.1) is 0 Å². The summed E-state index contributed by atoms with van der Waals surface area (Å²) in [5.74, 6) is -21.8. The van der Waals surface area contributed by atoms with Crippen LogP contribution in [0.3, 0.4) is 0 Å². The molecular weight excluding hydrogens is 612 g/mol. The van der Waals surface area contributed by atoms with Gasteiger partial charge in [-0.25, -0.2) is 0 Å². The molecule has 1 saturated heterocycles. The number of carbonyl (C=O) groups excluding carboxylic acids is 3. The number of hydrogen-bond donors (Lipinski definition) is 14. The summed E-state index contributed by atoms with van der Waals surface area (Å²) in [5, 5.41) is 146.